The Bertz CT molecular complexity index is 551. The molecule has 1 N–H and O–H groups in total. The van der Waals surface area contributed by atoms with Crippen molar-refractivity contribution < 1.29 is 19.4 Å². The summed E-state index contributed by atoms with van der Waals surface area (Å²) in [6.07, 6.45) is 5.91. The number of aliphatic hydroxyl groups excluding tert-OH is 1. The van der Waals surface area contributed by atoms with Crippen LogP contribution in [0.4, 0.5) is 0 Å². The topological polar surface area (TPSA) is 59.0 Å². The van der Waals surface area contributed by atoms with Crippen LogP contribution in [0.15, 0.2) is 29.3 Å². The van der Waals surface area contributed by atoms with E-state index in [-0.39, 0.29) is 18.4 Å². The molecule has 0 radical (unpaired) electrons. The maximum absolute atomic E-state index is 12.7. The van der Waals surface area contributed by atoms with Gasteiger partial charge in [-0.3, -0.25) is 4.79 Å². The van der Waals surface area contributed by atoms with Crippen LogP contribution in [0.1, 0.15) is 42.9 Å². The SMILES string of the molecule is O=C(C1=C[C@H](c2cccs2)C[C@H](OCCCCO)O1)N1CCCC1. The van der Waals surface area contributed by atoms with Gasteiger partial charge in [0.15, 0.2) is 5.76 Å². The third-order valence-electron chi connectivity index (χ3n) is 4.43. The van der Waals surface area contributed by atoms with Crippen molar-refractivity contribution in [3.8, 4) is 0 Å². The lowest BCUT2D eigenvalue weighted by atomic mass is 9.99. The van der Waals surface area contributed by atoms with E-state index in [9.17, 15) is 4.79 Å². The summed E-state index contributed by atoms with van der Waals surface area (Å²) >= 11 is 1.70. The smallest absolute Gasteiger partial charge is 0.288 e. The minimum Gasteiger partial charge on any atom is -0.459 e. The molecule has 0 bridgehead atoms. The molecule has 1 amide bonds. The molecule has 6 heteroatoms. The second-order valence-corrected chi connectivity index (χ2v) is 7.22. The number of thiophene rings is 1. The molecule has 0 aromatic carbocycles. The van der Waals surface area contributed by atoms with E-state index in [2.05, 4.69) is 11.4 Å². The fraction of sp³-hybridized carbons (Fsp3) is 0.611. The number of nitrogens with zero attached hydrogens (tertiary/aromatic N) is 1. The molecule has 1 fully saturated rings. The van der Waals surface area contributed by atoms with Gasteiger partial charge in [0.25, 0.3) is 5.91 Å². The highest BCUT2D eigenvalue weighted by atomic mass is 32.1. The summed E-state index contributed by atoms with van der Waals surface area (Å²) in [6, 6.07) is 4.13. The second kappa shape index (κ2) is 8.65. The largest absolute Gasteiger partial charge is 0.459 e. The Kier molecular flexibility index (Phi) is 6.29. The second-order valence-electron chi connectivity index (χ2n) is 6.24. The van der Waals surface area contributed by atoms with Crippen LogP contribution in [-0.4, -0.2) is 48.5 Å². The van der Waals surface area contributed by atoms with Gasteiger partial charge in [0.1, 0.15) is 0 Å². The van der Waals surface area contributed by atoms with E-state index in [4.69, 9.17) is 14.6 Å². The first-order chi connectivity index (χ1) is 11.8. The predicted octanol–water partition coefficient (Wildman–Crippen LogP) is 2.87. The molecule has 1 aromatic rings. The van der Waals surface area contributed by atoms with Crippen LogP contribution < -0.4 is 0 Å². The lowest BCUT2D eigenvalue weighted by molar-refractivity contribution is -0.152. The van der Waals surface area contributed by atoms with Gasteiger partial charge >= 0.3 is 0 Å². The molecule has 1 saturated heterocycles. The van der Waals surface area contributed by atoms with Crippen molar-refractivity contribution in [2.75, 3.05) is 26.3 Å². The minimum absolute atomic E-state index is 0.0160. The normalized spacial score (nSPS) is 23.9. The first-order valence-electron chi connectivity index (χ1n) is 8.71. The van der Waals surface area contributed by atoms with Gasteiger partial charge in [-0.25, -0.2) is 0 Å². The van der Waals surface area contributed by atoms with Crippen molar-refractivity contribution in [3.05, 3.63) is 34.2 Å². The highest BCUT2D eigenvalue weighted by molar-refractivity contribution is 7.10. The number of likely N-dealkylation sites (tertiary alicyclic amines) is 1. The predicted molar refractivity (Wildman–Crippen MR) is 92.7 cm³/mol. The zero-order chi connectivity index (χ0) is 16.8. The molecule has 2 aliphatic heterocycles. The molecule has 1 aromatic heterocycles. The van der Waals surface area contributed by atoms with Gasteiger partial charge in [-0.2, -0.15) is 0 Å². The van der Waals surface area contributed by atoms with Crippen LogP contribution >= 0.6 is 11.3 Å². The number of carbonyl (C=O) groups is 1. The molecule has 0 unspecified atom stereocenters. The van der Waals surface area contributed by atoms with Crippen molar-refractivity contribution in [2.24, 2.45) is 0 Å². The Morgan fingerprint density at radius 3 is 2.92 bits per heavy atom. The van der Waals surface area contributed by atoms with Gasteiger partial charge < -0.3 is 19.5 Å². The zero-order valence-electron chi connectivity index (χ0n) is 13.9. The van der Waals surface area contributed by atoms with E-state index in [1.165, 1.54) is 4.88 Å². The summed E-state index contributed by atoms with van der Waals surface area (Å²) in [4.78, 5) is 15.8. The van der Waals surface area contributed by atoms with Crippen LogP contribution in [0.5, 0.6) is 0 Å². The minimum atomic E-state index is -0.401. The van der Waals surface area contributed by atoms with Crippen molar-refractivity contribution in [3.63, 3.8) is 0 Å². The van der Waals surface area contributed by atoms with Gasteiger partial charge in [-0.05, 0) is 43.2 Å². The number of unbranched alkanes of at least 4 members (excludes halogenated alkanes) is 1. The fourth-order valence-corrected chi connectivity index (χ4v) is 3.93. The van der Waals surface area contributed by atoms with Crippen LogP contribution in [-0.2, 0) is 14.3 Å². The fourth-order valence-electron chi connectivity index (χ4n) is 3.12. The summed E-state index contributed by atoms with van der Waals surface area (Å²) < 4.78 is 11.7. The molecular formula is C18H25NO4S. The first kappa shape index (κ1) is 17.5. The van der Waals surface area contributed by atoms with E-state index < -0.39 is 6.29 Å². The number of hydrogen-bond acceptors (Lipinski definition) is 5. The molecule has 5 nitrogen and oxygen atoms in total. The molecule has 2 atom stereocenters. The van der Waals surface area contributed by atoms with Crippen molar-refractivity contribution >= 4 is 17.2 Å². The van der Waals surface area contributed by atoms with Crippen LogP contribution in [0.2, 0.25) is 0 Å². The van der Waals surface area contributed by atoms with E-state index in [1.807, 2.05) is 17.0 Å². The average molecular weight is 351 g/mol. The van der Waals surface area contributed by atoms with E-state index in [1.54, 1.807) is 11.3 Å². The summed E-state index contributed by atoms with van der Waals surface area (Å²) in [5, 5.41) is 10.9. The number of ether oxygens (including phenoxy) is 2. The Labute approximate surface area is 146 Å². The zero-order valence-corrected chi connectivity index (χ0v) is 14.7. The summed E-state index contributed by atoms with van der Waals surface area (Å²) in [5.41, 5.74) is 0. The van der Waals surface area contributed by atoms with E-state index >= 15 is 0 Å². The molecule has 3 heterocycles. The number of hydrogen-bond donors (Lipinski definition) is 1. The van der Waals surface area contributed by atoms with Gasteiger partial charge in [0.2, 0.25) is 6.29 Å². The Morgan fingerprint density at radius 2 is 2.21 bits per heavy atom. The van der Waals surface area contributed by atoms with Gasteiger partial charge in [0, 0.05) is 36.9 Å². The molecule has 0 spiro atoms. The quantitative estimate of drug-likeness (QED) is 0.768. The van der Waals surface area contributed by atoms with Crippen LogP contribution in [0.3, 0.4) is 0 Å². The lowest BCUT2D eigenvalue weighted by Crippen LogP contribution is -2.34. The van der Waals surface area contributed by atoms with Crippen LogP contribution in [0.25, 0.3) is 0 Å². The van der Waals surface area contributed by atoms with Crippen molar-refractivity contribution in [1.82, 2.24) is 4.90 Å². The van der Waals surface area contributed by atoms with Crippen molar-refractivity contribution in [1.29, 1.82) is 0 Å². The molecule has 3 rings (SSSR count). The average Bonchev–Trinajstić information content (AvgIpc) is 3.31. The molecule has 24 heavy (non-hydrogen) atoms. The summed E-state index contributed by atoms with van der Waals surface area (Å²) in [7, 11) is 0. The monoisotopic (exact) mass is 351 g/mol. The molecule has 0 saturated carbocycles. The Balaban J connectivity index is 1.68. The number of amides is 1. The summed E-state index contributed by atoms with van der Waals surface area (Å²) in [5.74, 6) is 0.564. The maximum Gasteiger partial charge on any atom is 0.288 e. The standard InChI is InChI=1S/C18H25NO4S/c20-9-3-4-10-22-17-13-14(16-6-5-11-24-16)12-15(23-17)18(21)19-7-1-2-8-19/h5-6,11-12,14,17,20H,1-4,7-10,13H2/t14-,17+/m0/s1. The Hall–Kier alpha value is -1.37. The number of carbonyl (C=O) groups excluding carboxylic acids is 1. The van der Waals surface area contributed by atoms with E-state index in [0.717, 1.165) is 45.2 Å². The highest BCUT2D eigenvalue weighted by Gasteiger charge is 2.32. The lowest BCUT2D eigenvalue weighted by Gasteiger charge is -2.30. The maximum atomic E-state index is 12.7. The Morgan fingerprint density at radius 1 is 1.38 bits per heavy atom. The number of allylic oxidation sites excluding steroid dienone is 1. The first-order valence-corrected chi connectivity index (χ1v) is 9.59. The highest BCUT2D eigenvalue weighted by Crippen LogP contribution is 2.34. The van der Waals surface area contributed by atoms with Gasteiger partial charge in [0.05, 0.1) is 6.61 Å². The van der Waals surface area contributed by atoms with Gasteiger partial charge in [-0.15, -0.1) is 11.3 Å². The van der Waals surface area contributed by atoms with Gasteiger partial charge in [-0.1, -0.05) is 6.07 Å². The molecule has 132 valence electrons. The number of rotatable bonds is 7. The third-order valence-corrected chi connectivity index (χ3v) is 5.43. The van der Waals surface area contributed by atoms with Crippen LogP contribution in [0, 0.1) is 0 Å². The molecule has 0 aliphatic carbocycles. The van der Waals surface area contributed by atoms with Crippen molar-refractivity contribution in [2.45, 2.75) is 44.3 Å². The van der Waals surface area contributed by atoms with E-state index in [0.29, 0.717) is 12.4 Å². The summed E-state index contributed by atoms with van der Waals surface area (Å²) in [6.45, 7) is 2.33. The third kappa shape index (κ3) is 4.37. The number of aliphatic hydroxyl groups is 1. The molecule has 2 aliphatic rings. The molecular weight excluding hydrogens is 326 g/mol.